The van der Waals surface area contributed by atoms with Crippen molar-refractivity contribution < 1.29 is 9.59 Å². The zero-order valence-corrected chi connectivity index (χ0v) is 20.5. The lowest BCUT2D eigenvalue weighted by Gasteiger charge is -2.20. The fourth-order valence-electron chi connectivity index (χ4n) is 5.12. The molecule has 6 rings (SSSR count). The second kappa shape index (κ2) is 9.59. The van der Waals surface area contributed by atoms with Gasteiger partial charge in [0.1, 0.15) is 6.54 Å². The van der Waals surface area contributed by atoms with Crippen LogP contribution in [-0.2, 0) is 11.2 Å². The molecule has 0 unspecified atom stereocenters. The van der Waals surface area contributed by atoms with Gasteiger partial charge in [-0.1, -0.05) is 66.4 Å². The monoisotopic (exact) mass is 494 g/mol. The van der Waals surface area contributed by atoms with Crippen molar-refractivity contribution in [2.24, 2.45) is 0 Å². The maximum absolute atomic E-state index is 12.8. The van der Waals surface area contributed by atoms with Gasteiger partial charge in [0.2, 0.25) is 5.91 Å². The summed E-state index contributed by atoms with van der Waals surface area (Å²) in [6.45, 7) is 0.691. The van der Waals surface area contributed by atoms with Gasteiger partial charge in [-0.05, 0) is 41.3 Å². The third-order valence-electron chi connectivity index (χ3n) is 6.89. The zero-order valence-electron chi connectivity index (χ0n) is 19.7. The summed E-state index contributed by atoms with van der Waals surface area (Å²) in [5, 5.41) is 5.43. The van der Waals surface area contributed by atoms with Gasteiger partial charge in [0.25, 0.3) is 5.24 Å². The molecule has 0 spiro atoms. The van der Waals surface area contributed by atoms with E-state index in [4.69, 9.17) is 0 Å². The average Bonchev–Trinajstić information content (AvgIpc) is 3.62. The third kappa shape index (κ3) is 4.27. The molecule has 0 bridgehead atoms. The Bertz CT molecular complexity index is 1500. The highest BCUT2D eigenvalue weighted by atomic mass is 32.2. The fourth-order valence-corrected chi connectivity index (χ4v) is 5.95. The first-order chi connectivity index (χ1) is 17.7. The Hall–Kier alpha value is -3.97. The molecule has 0 saturated carbocycles. The van der Waals surface area contributed by atoms with Gasteiger partial charge in [-0.3, -0.25) is 9.59 Å². The molecule has 1 fully saturated rings. The summed E-state index contributed by atoms with van der Waals surface area (Å²) in [5.74, 6) is 0.626. The number of anilines is 1. The van der Waals surface area contributed by atoms with Crippen molar-refractivity contribution in [3.63, 3.8) is 0 Å². The topological polar surface area (TPSA) is 81.0 Å². The number of para-hydroxylation sites is 3. The van der Waals surface area contributed by atoms with Gasteiger partial charge in [0.15, 0.2) is 0 Å². The molecule has 5 aromatic rings. The second-order valence-electron chi connectivity index (χ2n) is 9.08. The first-order valence-corrected chi connectivity index (χ1v) is 13.1. The normalized spacial score (nSPS) is 13.8. The number of nitrogens with zero attached hydrogens (tertiary/aromatic N) is 1. The number of benzene rings is 3. The molecular weight excluding hydrogens is 468 g/mol. The molecule has 0 aliphatic carbocycles. The van der Waals surface area contributed by atoms with Crippen LogP contribution in [0.1, 0.15) is 22.6 Å². The van der Waals surface area contributed by atoms with Crippen LogP contribution in [0.5, 0.6) is 0 Å². The summed E-state index contributed by atoms with van der Waals surface area (Å²) >= 11 is 1.26. The predicted octanol–water partition coefficient (Wildman–Crippen LogP) is 6.13. The minimum Gasteiger partial charge on any atom is -0.361 e. The van der Waals surface area contributed by atoms with E-state index >= 15 is 0 Å². The van der Waals surface area contributed by atoms with Crippen LogP contribution in [0.4, 0.5) is 10.5 Å². The molecule has 1 aliphatic rings. The minimum atomic E-state index is -0.172. The highest BCUT2D eigenvalue weighted by Crippen LogP contribution is 2.38. The molecule has 1 aliphatic heterocycles. The van der Waals surface area contributed by atoms with E-state index in [1.54, 1.807) is 4.90 Å². The van der Waals surface area contributed by atoms with E-state index < -0.39 is 0 Å². The van der Waals surface area contributed by atoms with Crippen LogP contribution in [-0.4, -0.2) is 44.9 Å². The van der Waals surface area contributed by atoms with Crippen molar-refractivity contribution in [3.05, 3.63) is 102 Å². The Morgan fingerprint density at radius 2 is 1.50 bits per heavy atom. The molecule has 7 heteroatoms. The number of nitrogens with one attached hydrogen (secondary N) is 3. The lowest BCUT2D eigenvalue weighted by Crippen LogP contribution is -2.33. The molecule has 6 nitrogen and oxygen atoms in total. The maximum Gasteiger partial charge on any atom is 0.282 e. The number of thioether (sulfide) groups is 1. The first-order valence-electron chi connectivity index (χ1n) is 12.1. The number of aromatic nitrogens is 2. The summed E-state index contributed by atoms with van der Waals surface area (Å²) in [5.41, 5.74) is 6.48. The number of fused-ring (bicyclic) bond motifs is 2. The number of aromatic amines is 2. The standard InChI is InChI=1S/C29H26N4O2S/c34-28(18-33-13-14-36-29(33)35)32-25-10-4-1-7-19(25)15-22(23-16-30-26-11-5-2-8-20(23)26)24-17-31-27-12-6-3-9-21(24)27/h1-12,16-17,22,30-31H,13-15,18H2,(H,32,34). The van der Waals surface area contributed by atoms with Gasteiger partial charge in [0.05, 0.1) is 0 Å². The average molecular weight is 495 g/mol. The Kier molecular flexibility index (Phi) is 5.99. The number of hydrogen-bond donors (Lipinski definition) is 3. The Morgan fingerprint density at radius 1 is 0.889 bits per heavy atom. The van der Waals surface area contributed by atoms with Gasteiger partial charge in [-0.25, -0.2) is 0 Å². The number of rotatable bonds is 7. The van der Waals surface area contributed by atoms with Crippen LogP contribution in [0, 0.1) is 0 Å². The van der Waals surface area contributed by atoms with E-state index in [-0.39, 0.29) is 23.6 Å². The van der Waals surface area contributed by atoms with E-state index in [2.05, 4.69) is 70.1 Å². The fraction of sp³-hybridized carbons (Fsp3) is 0.172. The molecule has 180 valence electrons. The molecule has 3 heterocycles. The lowest BCUT2D eigenvalue weighted by atomic mass is 9.85. The predicted molar refractivity (Wildman–Crippen MR) is 147 cm³/mol. The van der Waals surface area contributed by atoms with Crippen molar-refractivity contribution in [2.75, 3.05) is 24.2 Å². The van der Waals surface area contributed by atoms with Gasteiger partial charge in [-0.2, -0.15) is 0 Å². The van der Waals surface area contributed by atoms with Crippen molar-refractivity contribution in [2.45, 2.75) is 12.3 Å². The number of carbonyl (C=O) groups excluding carboxylic acids is 2. The summed E-state index contributed by atoms with van der Waals surface area (Å²) in [6.07, 6.45) is 4.92. The van der Waals surface area contributed by atoms with Crippen molar-refractivity contribution in [1.29, 1.82) is 0 Å². The largest absolute Gasteiger partial charge is 0.361 e. The smallest absolute Gasteiger partial charge is 0.282 e. The summed E-state index contributed by atoms with van der Waals surface area (Å²) < 4.78 is 0. The molecular formula is C29H26N4O2S. The SMILES string of the molecule is O=C(CN1CCSC1=O)Nc1ccccc1CC(c1c[nH]c2ccccc12)c1c[nH]c2ccccc12. The third-order valence-corrected chi connectivity index (χ3v) is 7.78. The van der Waals surface area contributed by atoms with Crippen LogP contribution >= 0.6 is 11.8 Å². The molecule has 2 amide bonds. The summed E-state index contributed by atoms with van der Waals surface area (Å²) in [4.78, 5) is 33.3. The van der Waals surface area contributed by atoms with Crippen molar-refractivity contribution in [3.8, 4) is 0 Å². The molecule has 36 heavy (non-hydrogen) atoms. The van der Waals surface area contributed by atoms with E-state index in [1.165, 1.54) is 33.7 Å². The first kappa shape index (κ1) is 22.5. The van der Waals surface area contributed by atoms with Crippen LogP contribution in [0.25, 0.3) is 21.8 Å². The molecule has 1 saturated heterocycles. The van der Waals surface area contributed by atoms with E-state index in [0.29, 0.717) is 13.0 Å². The van der Waals surface area contributed by atoms with Gasteiger partial charge >= 0.3 is 0 Å². The zero-order chi connectivity index (χ0) is 24.5. The summed E-state index contributed by atoms with van der Waals surface area (Å²) in [7, 11) is 0. The Morgan fingerprint density at radius 3 is 2.14 bits per heavy atom. The van der Waals surface area contributed by atoms with Crippen molar-refractivity contribution >= 4 is 50.4 Å². The highest BCUT2D eigenvalue weighted by molar-refractivity contribution is 8.13. The highest BCUT2D eigenvalue weighted by Gasteiger charge is 2.25. The molecule has 0 atom stereocenters. The van der Waals surface area contributed by atoms with Crippen LogP contribution in [0.15, 0.2) is 85.2 Å². The van der Waals surface area contributed by atoms with E-state index in [9.17, 15) is 9.59 Å². The Balaban J connectivity index is 1.36. The number of H-pyrrole nitrogens is 2. The molecule has 2 aromatic heterocycles. The lowest BCUT2D eigenvalue weighted by molar-refractivity contribution is -0.116. The van der Waals surface area contributed by atoms with Gasteiger partial charge in [0, 0.05) is 58.1 Å². The maximum atomic E-state index is 12.8. The van der Waals surface area contributed by atoms with E-state index in [0.717, 1.165) is 28.0 Å². The van der Waals surface area contributed by atoms with Crippen LogP contribution < -0.4 is 5.32 Å². The number of hydrogen-bond acceptors (Lipinski definition) is 3. The Labute approximate surface area is 213 Å². The van der Waals surface area contributed by atoms with Crippen LogP contribution in [0.2, 0.25) is 0 Å². The van der Waals surface area contributed by atoms with Crippen LogP contribution in [0.3, 0.4) is 0 Å². The summed E-state index contributed by atoms with van der Waals surface area (Å²) in [6, 6.07) is 24.7. The van der Waals surface area contributed by atoms with Crippen molar-refractivity contribution in [1.82, 2.24) is 14.9 Å². The quantitative estimate of drug-likeness (QED) is 0.255. The second-order valence-corrected chi connectivity index (χ2v) is 10.1. The number of carbonyl (C=O) groups is 2. The molecule has 3 N–H and O–H groups in total. The molecule has 0 radical (unpaired) electrons. The van der Waals surface area contributed by atoms with Gasteiger partial charge in [-0.15, -0.1) is 0 Å². The molecule has 3 aromatic carbocycles. The van der Waals surface area contributed by atoms with Gasteiger partial charge < -0.3 is 20.2 Å². The minimum absolute atomic E-state index is 0.0304. The number of amides is 2. The van der Waals surface area contributed by atoms with E-state index in [1.807, 2.05) is 30.3 Å².